The lowest BCUT2D eigenvalue weighted by molar-refractivity contribution is 0.0936. The van der Waals surface area contributed by atoms with E-state index in [0.717, 1.165) is 12.2 Å². The van der Waals surface area contributed by atoms with Gasteiger partial charge in [-0.3, -0.25) is 4.79 Å². The van der Waals surface area contributed by atoms with Crippen molar-refractivity contribution in [3.8, 4) is 18.1 Å². The molecule has 1 heterocycles. The van der Waals surface area contributed by atoms with Gasteiger partial charge in [-0.25, -0.2) is 0 Å². The Morgan fingerprint density at radius 2 is 2.50 bits per heavy atom. The van der Waals surface area contributed by atoms with Crippen molar-refractivity contribution in [2.75, 3.05) is 18.5 Å². The first-order valence-electron chi connectivity index (χ1n) is 5.96. The van der Waals surface area contributed by atoms with E-state index in [2.05, 4.69) is 16.6 Å². The fourth-order valence-corrected chi connectivity index (χ4v) is 1.88. The molecule has 1 unspecified atom stereocenters. The molecule has 0 aliphatic carbocycles. The maximum Gasteiger partial charge on any atom is 0.255 e. The van der Waals surface area contributed by atoms with E-state index >= 15 is 0 Å². The third kappa shape index (κ3) is 2.57. The second kappa shape index (κ2) is 5.46. The molecule has 18 heavy (non-hydrogen) atoms. The van der Waals surface area contributed by atoms with Crippen molar-refractivity contribution in [1.29, 1.82) is 0 Å². The second-order valence-corrected chi connectivity index (χ2v) is 4.24. The van der Waals surface area contributed by atoms with Gasteiger partial charge < -0.3 is 15.4 Å². The van der Waals surface area contributed by atoms with Gasteiger partial charge in [0.2, 0.25) is 0 Å². The molecule has 1 atom stereocenters. The minimum atomic E-state index is -0.154. The summed E-state index contributed by atoms with van der Waals surface area (Å²) >= 11 is 0. The van der Waals surface area contributed by atoms with Crippen molar-refractivity contribution in [3.05, 3.63) is 23.8 Å². The van der Waals surface area contributed by atoms with Gasteiger partial charge in [0, 0.05) is 19.0 Å². The van der Waals surface area contributed by atoms with Crippen LogP contribution in [0.15, 0.2) is 18.2 Å². The summed E-state index contributed by atoms with van der Waals surface area (Å²) < 4.78 is 5.55. The third-order valence-corrected chi connectivity index (χ3v) is 2.73. The number of hydrogen-bond donors (Lipinski definition) is 2. The van der Waals surface area contributed by atoms with Crippen LogP contribution in [0.5, 0.6) is 5.75 Å². The van der Waals surface area contributed by atoms with Gasteiger partial charge in [0.15, 0.2) is 5.75 Å². The average molecular weight is 244 g/mol. The molecule has 0 fully saturated rings. The Bertz CT molecular complexity index is 491. The molecule has 94 valence electrons. The van der Waals surface area contributed by atoms with Crippen molar-refractivity contribution in [3.63, 3.8) is 0 Å². The number of fused-ring (bicyclic) bond motifs is 1. The summed E-state index contributed by atoms with van der Waals surface area (Å²) in [5.74, 6) is 2.99. The van der Waals surface area contributed by atoms with E-state index in [1.54, 1.807) is 6.07 Å². The Morgan fingerprint density at radius 3 is 3.28 bits per heavy atom. The van der Waals surface area contributed by atoms with E-state index < -0.39 is 0 Å². The number of ether oxygens (including phenoxy) is 1. The summed E-state index contributed by atoms with van der Waals surface area (Å²) in [4.78, 5) is 12.1. The quantitative estimate of drug-likeness (QED) is 0.795. The highest BCUT2D eigenvalue weighted by Gasteiger charge is 2.19. The van der Waals surface area contributed by atoms with Crippen molar-refractivity contribution < 1.29 is 9.53 Å². The number of hydrogen-bond acceptors (Lipinski definition) is 3. The number of carbonyl (C=O) groups is 1. The summed E-state index contributed by atoms with van der Waals surface area (Å²) in [5, 5.41) is 6.06. The minimum Gasteiger partial charge on any atom is -0.489 e. The van der Waals surface area contributed by atoms with Crippen LogP contribution in [-0.4, -0.2) is 25.1 Å². The number of terminal acetylenes is 1. The SMILES string of the molecule is C#CCC(C)NC(=O)c1cccc2c1OCCN2. The standard InChI is InChI=1S/C14H16N2O2/c1-3-5-10(2)16-14(17)11-6-4-7-12-13(11)18-9-8-15-12/h1,4,6-7,10,15H,5,8-9H2,2H3,(H,16,17). The van der Waals surface area contributed by atoms with Crippen LogP contribution in [0.3, 0.4) is 0 Å². The third-order valence-electron chi connectivity index (χ3n) is 2.73. The normalized spacial score (nSPS) is 14.4. The molecule has 1 amide bonds. The minimum absolute atomic E-state index is 0.0464. The van der Waals surface area contributed by atoms with Crippen LogP contribution >= 0.6 is 0 Å². The predicted octanol–water partition coefficient (Wildman–Crippen LogP) is 1.63. The smallest absolute Gasteiger partial charge is 0.255 e. The van der Waals surface area contributed by atoms with Gasteiger partial charge in [0.25, 0.3) is 5.91 Å². The van der Waals surface area contributed by atoms with E-state index in [0.29, 0.717) is 24.3 Å². The zero-order valence-corrected chi connectivity index (χ0v) is 10.3. The van der Waals surface area contributed by atoms with Crippen LogP contribution in [-0.2, 0) is 0 Å². The van der Waals surface area contributed by atoms with Crippen molar-refractivity contribution in [2.45, 2.75) is 19.4 Å². The predicted molar refractivity (Wildman–Crippen MR) is 70.8 cm³/mol. The molecule has 1 aromatic carbocycles. The molecule has 1 aliphatic heterocycles. The maximum absolute atomic E-state index is 12.1. The number of anilines is 1. The van der Waals surface area contributed by atoms with Crippen molar-refractivity contribution in [1.82, 2.24) is 5.32 Å². The number of para-hydroxylation sites is 1. The first kappa shape index (κ1) is 12.3. The average Bonchev–Trinajstić information content (AvgIpc) is 2.38. The molecular weight excluding hydrogens is 228 g/mol. The van der Waals surface area contributed by atoms with Crippen LogP contribution in [0.25, 0.3) is 0 Å². The van der Waals surface area contributed by atoms with Crippen LogP contribution in [0.2, 0.25) is 0 Å². The van der Waals surface area contributed by atoms with Crippen molar-refractivity contribution in [2.24, 2.45) is 0 Å². The molecular formula is C14H16N2O2. The number of rotatable bonds is 3. The van der Waals surface area contributed by atoms with Gasteiger partial charge in [-0.1, -0.05) is 6.07 Å². The molecule has 4 nitrogen and oxygen atoms in total. The van der Waals surface area contributed by atoms with Crippen LogP contribution < -0.4 is 15.4 Å². The molecule has 1 aromatic rings. The van der Waals surface area contributed by atoms with Crippen LogP contribution in [0.1, 0.15) is 23.7 Å². The number of carbonyl (C=O) groups excluding carboxylic acids is 1. The number of amides is 1. The van der Waals surface area contributed by atoms with E-state index in [-0.39, 0.29) is 11.9 Å². The first-order chi connectivity index (χ1) is 8.72. The van der Waals surface area contributed by atoms with Crippen LogP contribution in [0.4, 0.5) is 5.69 Å². The van der Waals surface area contributed by atoms with E-state index in [1.165, 1.54) is 0 Å². The molecule has 0 saturated carbocycles. The molecule has 0 saturated heterocycles. The number of nitrogens with one attached hydrogen (secondary N) is 2. The van der Waals surface area contributed by atoms with E-state index in [4.69, 9.17) is 11.2 Å². The molecule has 0 spiro atoms. The topological polar surface area (TPSA) is 50.4 Å². The first-order valence-corrected chi connectivity index (χ1v) is 5.96. The Morgan fingerprint density at radius 1 is 1.67 bits per heavy atom. The Kier molecular flexibility index (Phi) is 3.73. The molecule has 2 rings (SSSR count). The lowest BCUT2D eigenvalue weighted by atomic mass is 10.1. The molecule has 4 heteroatoms. The van der Waals surface area contributed by atoms with Crippen LogP contribution in [0, 0.1) is 12.3 Å². The van der Waals surface area contributed by atoms with E-state index in [1.807, 2.05) is 19.1 Å². The Balaban J connectivity index is 2.18. The zero-order valence-electron chi connectivity index (χ0n) is 10.3. The fraction of sp³-hybridized carbons (Fsp3) is 0.357. The highest BCUT2D eigenvalue weighted by atomic mass is 16.5. The van der Waals surface area contributed by atoms with Crippen molar-refractivity contribution >= 4 is 11.6 Å². The maximum atomic E-state index is 12.1. The second-order valence-electron chi connectivity index (χ2n) is 4.24. The Labute approximate surface area is 107 Å². The molecule has 0 aromatic heterocycles. The lowest BCUT2D eigenvalue weighted by Crippen LogP contribution is -2.33. The van der Waals surface area contributed by atoms with Gasteiger partial charge in [-0.05, 0) is 19.1 Å². The largest absolute Gasteiger partial charge is 0.489 e. The summed E-state index contributed by atoms with van der Waals surface area (Å²) in [6, 6.07) is 5.44. The number of benzene rings is 1. The summed E-state index contributed by atoms with van der Waals surface area (Å²) in [6.45, 7) is 3.20. The van der Waals surface area contributed by atoms with Gasteiger partial charge in [-0.2, -0.15) is 0 Å². The molecule has 1 aliphatic rings. The van der Waals surface area contributed by atoms with Gasteiger partial charge in [-0.15, -0.1) is 12.3 Å². The fourth-order valence-electron chi connectivity index (χ4n) is 1.88. The van der Waals surface area contributed by atoms with Gasteiger partial charge in [0.05, 0.1) is 11.3 Å². The molecule has 2 N–H and O–H groups in total. The van der Waals surface area contributed by atoms with Gasteiger partial charge in [0.1, 0.15) is 6.61 Å². The highest BCUT2D eigenvalue weighted by molar-refractivity contribution is 5.99. The Hall–Kier alpha value is -2.15. The van der Waals surface area contributed by atoms with Gasteiger partial charge >= 0.3 is 0 Å². The lowest BCUT2D eigenvalue weighted by Gasteiger charge is -2.22. The highest BCUT2D eigenvalue weighted by Crippen LogP contribution is 2.31. The summed E-state index contributed by atoms with van der Waals surface area (Å²) in [5.41, 5.74) is 1.40. The molecule has 0 radical (unpaired) electrons. The van der Waals surface area contributed by atoms with E-state index in [9.17, 15) is 4.79 Å². The zero-order chi connectivity index (χ0) is 13.0. The summed E-state index contributed by atoms with van der Waals surface area (Å²) in [7, 11) is 0. The monoisotopic (exact) mass is 244 g/mol. The summed E-state index contributed by atoms with van der Waals surface area (Å²) in [6.07, 6.45) is 5.73. The molecule has 0 bridgehead atoms.